The second-order valence-electron chi connectivity index (χ2n) is 8.41. The van der Waals surface area contributed by atoms with Gasteiger partial charge in [-0.1, -0.05) is 62.4 Å². The standard InChI is InChI=1S/C26H26N4O4S/c1-18(2)19-13-15-20(16-14-19)30(35(33,34)21-9-5-4-6-10-21)17-24(31)27-28-25-22-11-7-8-12-23(22)29(3)26(25)32/h4-16,18,32H,17H2,1-3H3. The molecule has 1 N–H and O–H groups in total. The topological polar surface area (TPSA) is 104 Å². The molecule has 1 amide bonds. The molecule has 0 saturated carbocycles. The van der Waals surface area contributed by atoms with Crippen molar-refractivity contribution in [3.05, 3.63) is 84.4 Å². The van der Waals surface area contributed by atoms with Gasteiger partial charge in [-0.15, -0.1) is 10.2 Å². The molecule has 0 aliphatic carbocycles. The van der Waals surface area contributed by atoms with E-state index in [1.54, 1.807) is 49.5 Å². The monoisotopic (exact) mass is 490 g/mol. The zero-order chi connectivity index (χ0) is 25.2. The minimum atomic E-state index is -4.05. The summed E-state index contributed by atoms with van der Waals surface area (Å²) in [5, 5.41) is 18.8. The highest BCUT2D eigenvalue weighted by atomic mass is 32.2. The first-order valence-electron chi connectivity index (χ1n) is 11.1. The Morgan fingerprint density at radius 2 is 1.60 bits per heavy atom. The van der Waals surface area contributed by atoms with Crippen molar-refractivity contribution >= 4 is 38.2 Å². The lowest BCUT2D eigenvalue weighted by Gasteiger charge is -2.23. The van der Waals surface area contributed by atoms with E-state index in [1.807, 2.05) is 38.1 Å². The van der Waals surface area contributed by atoms with Crippen molar-refractivity contribution < 1.29 is 18.3 Å². The second kappa shape index (κ2) is 9.71. The van der Waals surface area contributed by atoms with Crippen molar-refractivity contribution in [1.29, 1.82) is 0 Å². The number of amides is 1. The number of anilines is 1. The van der Waals surface area contributed by atoms with Crippen LogP contribution in [0.25, 0.3) is 10.9 Å². The number of fused-ring (bicyclic) bond motifs is 1. The first kappa shape index (κ1) is 24.2. The van der Waals surface area contributed by atoms with Crippen LogP contribution in [0.4, 0.5) is 11.4 Å². The fourth-order valence-electron chi connectivity index (χ4n) is 3.78. The number of carbonyl (C=O) groups excluding carboxylic acids is 1. The molecule has 0 bridgehead atoms. The van der Waals surface area contributed by atoms with Gasteiger partial charge in [0, 0.05) is 12.4 Å². The van der Waals surface area contributed by atoms with Gasteiger partial charge in [-0.3, -0.25) is 9.10 Å². The number of hydrogen-bond donors (Lipinski definition) is 1. The molecule has 0 fully saturated rings. The number of aromatic hydroxyl groups is 1. The zero-order valence-electron chi connectivity index (χ0n) is 19.7. The number of aromatic nitrogens is 1. The molecule has 3 aromatic carbocycles. The van der Waals surface area contributed by atoms with E-state index in [0.717, 1.165) is 15.4 Å². The fourth-order valence-corrected chi connectivity index (χ4v) is 5.21. The molecule has 180 valence electrons. The first-order chi connectivity index (χ1) is 16.7. The minimum absolute atomic E-state index is 0.0596. The summed E-state index contributed by atoms with van der Waals surface area (Å²) < 4.78 is 29.5. The molecular weight excluding hydrogens is 464 g/mol. The van der Waals surface area contributed by atoms with E-state index < -0.39 is 22.5 Å². The van der Waals surface area contributed by atoms with E-state index in [4.69, 9.17) is 0 Å². The maximum atomic E-state index is 13.5. The molecule has 8 nitrogen and oxygen atoms in total. The van der Waals surface area contributed by atoms with E-state index in [0.29, 0.717) is 11.1 Å². The molecule has 0 spiro atoms. The highest BCUT2D eigenvalue weighted by Crippen LogP contribution is 2.37. The third kappa shape index (κ3) is 4.81. The van der Waals surface area contributed by atoms with Gasteiger partial charge >= 0.3 is 0 Å². The van der Waals surface area contributed by atoms with Crippen LogP contribution >= 0.6 is 0 Å². The highest BCUT2D eigenvalue weighted by molar-refractivity contribution is 7.92. The normalized spacial score (nSPS) is 12.0. The minimum Gasteiger partial charge on any atom is -0.493 e. The smallest absolute Gasteiger partial charge is 0.285 e. The Bertz CT molecular complexity index is 1490. The average molecular weight is 491 g/mol. The Labute approximate surface area is 204 Å². The van der Waals surface area contributed by atoms with E-state index in [-0.39, 0.29) is 22.4 Å². The molecule has 0 aliphatic heterocycles. The van der Waals surface area contributed by atoms with E-state index in [2.05, 4.69) is 10.2 Å². The van der Waals surface area contributed by atoms with Gasteiger partial charge in [0.2, 0.25) is 5.88 Å². The Hall–Kier alpha value is -3.98. The van der Waals surface area contributed by atoms with E-state index in [9.17, 15) is 18.3 Å². The van der Waals surface area contributed by atoms with Crippen LogP contribution in [0, 0.1) is 0 Å². The summed E-state index contributed by atoms with van der Waals surface area (Å²) >= 11 is 0. The Kier molecular flexibility index (Phi) is 6.70. The fraction of sp³-hybridized carbons (Fsp3) is 0.192. The van der Waals surface area contributed by atoms with Crippen LogP contribution in [0.3, 0.4) is 0 Å². The lowest BCUT2D eigenvalue weighted by atomic mass is 10.0. The number of aryl methyl sites for hydroxylation is 1. The Morgan fingerprint density at radius 1 is 0.971 bits per heavy atom. The molecule has 35 heavy (non-hydrogen) atoms. The molecule has 9 heteroatoms. The summed E-state index contributed by atoms with van der Waals surface area (Å²) in [6.45, 7) is 3.54. The third-order valence-corrected chi connectivity index (χ3v) is 7.56. The van der Waals surface area contributed by atoms with Gasteiger partial charge in [-0.2, -0.15) is 0 Å². The van der Waals surface area contributed by atoms with Crippen molar-refractivity contribution in [2.45, 2.75) is 24.7 Å². The van der Waals surface area contributed by atoms with Gasteiger partial charge in [0.05, 0.1) is 16.1 Å². The van der Waals surface area contributed by atoms with Crippen LogP contribution in [0.15, 0.2) is 94.0 Å². The maximum absolute atomic E-state index is 13.5. The van der Waals surface area contributed by atoms with E-state index >= 15 is 0 Å². The van der Waals surface area contributed by atoms with Crippen molar-refractivity contribution in [3.8, 4) is 5.88 Å². The van der Waals surface area contributed by atoms with Crippen LogP contribution < -0.4 is 4.31 Å². The summed E-state index contributed by atoms with van der Waals surface area (Å²) in [6, 6.07) is 22.1. The van der Waals surface area contributed by atoms with Crippen molar-refractivity contribution in [2.24, 2.45) is 17.3 Å². The van der Waals surface area contributed by atoms with Crippen molar-refractivity contribution in [3.63, 3.8) is 0 Å². The molecule has 0 radical (unpaired) electrons. The molecule has 1 heterocycles. The number of sulfonamides is 1. The maximum Gasteiger partial charge on any atom is 0.285 e. The second-order valence-corrected chi connectivity index (χ2v) is 10.3. The lowest BCUT2D eigenvalue weighted by Crippen LogP contribution is -2.35. The molecular formula is C26H26N4O4S. The molecule has 0 atom stereocenters. The molecule has 0 saturated heterocycles. The summed E-state index contributed by atoms with van der Waals surface area (Å²) in [6.07, 6.45) is 0. The number of azo groups is 1. The van der Waals surface area contributed by atoms with Crippen molar-refractivity contribution in [2.75, 3.05) is 10.8 Å². The van der Waals surface area contributed by atoms with Crippen LogP contribution in [-0.2, 0) is 21.9 Å². The van der Waals surface area contributed by atoms with Gasteiger partial charge in [0.1, 0.15) is 6.54 Å². The van der Waals surface area contributed by atoms with Gasteiger partial charge < -0.3 is 9.67 Å². The molecule has 4 rings (SSSR count). The number of hydrogen-bond acceptors (Lipinski definition) is 5. The van der Waals surface area contributed by atoms with Crippen LogP contribution in [0.1, 0.15) is 25.3 Å². The van der Waals surface area contributed by atoms with Gasteiger partial charge in [-0.25, -0.2) is 8.42 Å². The van der Waals surface area contributed by atoms with Gasteiger partial charge in [0.25, 0.3) is 15.9 Å². The third-order valence-electron chi connectivity index (χ3n) is 5.77. The number of rotatable bonds is 7. The Morgan fingerprint density at radius 3 is 2.26 bits per heavy atom. The van der Waals surface area contributed by atoms with Crippen LogP contribution in [-0.4, -0.2) is 30.5 Å². The summed E-state index contributed by atoms with van der Waals surface area (Å²) in [5.41, 5.74) is 2.26. The quantitative estimate of drug-likeness (QED) is 0.345. The first-order valence-corrected chi connectivity index (χ1v) is 12.5. The van der Waals surface area contributed by atoms with Gasteiger partial charge in [0.15, 0.2) is 5.69 Å². The SMILES string of the molecule is CC(C)c1ccc(N(CC(=O)N=Nc2c(O)n(C)c3ccccc23)S(=O)(=O)c2ccccc2)cc1. The predicted octanol–water partition coefficient (Wildman–Crippen LogP) is 5.51. The number of para-hydroxylation sites is 1. The number of benzene rings is 3. The molecule has 0 aliphatic rings. The largest absolute Gasteiger partial charge is 0.493 e. The van der Waals surface area contributed by atoms with Gasteiger partial charge in [-0.05, 0) is 41.8 Å². The molecule has 1 aromatic heterocycles. The lowest BCUT2D eigenvalue weighted by molar-refractivity contribution is -0.116. The number of nitrogens with zero attached hydrogens (tertiary/aromatic N) is 4. The predicted molar refractivity (Wildman–Crippen MR) is 136 cm³/mol. The highest BCUT2D eigenvalue weighted by Gasteiger charge is 2.27. The molecule has 0 unspecified atom stereocenters. The summed E-state index contributed by atoms with van der Waals surface area (Å²) in [5.74, 6) is -0.641. The van der Waals surface area contributed by atoms with Crippen LogP contribution in [0.2, 0.25) is 0 Å². The van der Waals surface area contributed by atoms with Crippen LogP contribution in [0.5, 0.6) is 5.88 Å². The van der Waals surface area contributed by atoms with Crippen molar-refractivity contribution in [1.82, 2.24) is 4.57 Å². The summed E-state index contributed by atoms with van der Waals surface area (Å²) in [4.78, 5) is 12.9. The van der Waals surface area contributed by atoms with E-state index in [1.165, 1.54) is 16.7 Å². The average Bonchev–Trinajstić information content (AvgIpc) is 3.11. The molecule has 4 aromatic rings. The summed E-state index contributed by atoms with van der Waals surface area (Å²) in [7, 11) is -2.37. The number of carbonyl (C=O) groups is 1. The zero-order valence-corrected chi connectivity index (χ0v) is 20.5. The Balaban J connectivity index is 1.68.